The fourth-order valence-electron chi connectivity index (χ4n) is 4.78. The van der Waals surface area contributed by atoms with Crippen LogP contribution in [0.1, 0.15) is 51.0 Å². The largest absolute Gasteiger partial charge is 0.355 e. The maximum atomic E-state index is 13.5. The minimum atomic E-state index is -0.452. The number of likely N-dealkylation sites (N-methyl/N-ethyl adjacent to an activating group) is 1. The van der Waals surface area contributed by atoms with Crippen molar-refractivity contribution in [1.29, 1.82) is 0 Å². The average molecular weight is 438 g/mol. The summed E-state index contributed by atoms with van der Waals surface area (Å²) in [7, 11) is 3.82. The highest BCUT2D eigenvalue weighted by Crippen LogP contribution is 2.36. The minimum absolute atomic E-state index is 0.141. The molecule has 1 saturated heterocycles. The molecule has 0 bridgehead atoms. The maximum absolute atomic E-state index is 13.5. The van der Waals surface area contributed by atoms with Crippen LogP contribution in [0.4, 0.5) is 0 Å². The van der Waals surface area contributed by atoms with E-state index in [4.69, 9.17) is 0 Å². The van der Waals surface area contributed by atoms with E-state index in [2.05, 4.69) is 36.5 Å². The predicted octanol–water partition coefficient (Wildman–Crippen LogP) is 3.96. The monoisotopic (exact) mass is 437 g/mol. The Hall–Kier alpha value is -2.40. The van der Waals surface area contributed by atoms with E-state index in [1.165, 1.54) is 16.7 Å². The Bertz CT molecular complexity index is 834. The van der Waals surface area contributed by atoms with Crippen molar-refractivity contribution in [1.82, 2.24) is 15.1 Å². The van der Waals surface area contributed by atoms with Gasteiger partial charge in [-0.05, 0) is 64.6 Å². The number of rotatable bonds is 9. The van der Waals surface area contributed by atoms with Crippen LogP contribution >= 0.6 is 0 Å². The number of carbonyl (C=O) groups excluding carboxylic acids is 2. The second-order valence-corrected chi connectivity index (χ2v) is 9.57. The Morgan fingerprint density at radius 3 is 2.28 bits per heavy atom. The molecule has 0 unspecified atom stereocenters. The molecule has 5 heteroatoms. The molecule has 0 aromatic heterocycles. The highest BCUT2D eigenvalue weighted by Gasteiger charge is 2.42. The van der Waals surface area contributed by atoms with Gasteiger partial charge in [0.2, 0.25) is 11.8 Å². The first-order valence-corrected chi connectivity index (χ1v) is 12.0. The number of carbonyl (C=O) groups is 2. The summed E-state index contributed by atoms with van der Waals surface area (Å²) < 4.78 is 0. The second kappa shape index (κ2) is 11.5. The molecule has 2 amide bonds. The molecular weight excluding hydrogens is 398 g/mol. The molecule has 5 nitrogen and oxygen atoms in total. The summed E-state index contributed by atoms with van der Waals surface area (Å²) in [5.41, 5.74) is 3.66. The number of hydrogen-bond acceptors (Lipinski definition) is 3. The maximum Gasteiger partial charge on any atom is 0.236 e. The first-order chi connectivity index (χ1) is 15.4. The van der Waals surface area contributed by atoms with E-state index < -0.39 is 5.41 Å². The SMILES string of the molecule is CCC1=CC=C(CCNC(=O)C2(Cc3ccccc3)CCN(C(=O)CN(C)C)CC2)CC1. The Balaban J connectivity index is 1.63. The quantitative estimate of drug-likeness (QED) is 0.636. The van der Waals surface area contributed by atoms with Crippen LogP contribution < -0.4 is 5.32 Å². The summed E-state index contributed by atoms with van der Waals surface area (Å²) >= 11 is 0. The number of benzene rings is 1. The molecule has 3 rings (SSSR count). The lowest BCUT2D eigenvalue weighted by Gasteiger charge is -2.41. The number of nitrogens with one attached hydrogen (secondary N) is 1. The molecule has 174 valence electrons. The van der Waals surface area contributed by atoms with Crippen molar-refractivity contribution < 1.29 is 9.59 Å². The fourth-order valence-corrected chi connectivity index (χ4v) is 4.78. The Morgan fingerprint density at radius 2 is 1.69 bits per heavy atom. The fraction of sp³-hybridized carbons (Fsp3) is 0.556. The summed E-state index contributed by atoms with van der Waals surface area (Å²) in [6.45, 7) is 4.59. The van der Waals surface area contributed by atoms with Gasteiger partial charge in [0.15, 0.2) is 0 Å². The molecule has 0 spiro atoms. The van der Waals surface area contributed by atoms with Gasteiger partial charge in [0.25, 0.3) is 0 Å². The standard InChI is InChI=1S/C27H39N3O2/c1-4-22-10-12-23(13-11-22)14-17-28-26(32)27(20-24-8-6-5-7-9-24)15-18-30(19-16-27)25(31)21-29(2)3/h5-10,12H,4,11,13-21H2,1-3H3,(H,28,32). The van der Waals surface area contributed by atoms with Crippen LogP contribution in [0.3, 0.4) is 0 Å². The molecule has 0 saturated carbocycles. The van der Waals surface area contributed by atoms with Crippen molar-refractivity contribution in [2.75, 3.05) is 40.3 Å². The molecule has 1 fully saturated rings. The molecule has 2 aliphatic rings. The molecule has 1 aliphatic heterocycles. The highest BCUT2D eigenvalue weighted by molar-refractivity contribution is 5.84. The smallest absolute Gasteiger partial charge is 0.236 e. The molecule has 0 radical (unpaired) electrons. The van der Waals surface area contributed by atoms with Gasteiger partial charge in [-0.1, -0.05) is 60.6 Å². The lowest BCUT2D eigenvalue weighted by atomic mass is 9.73. The number of amides is 2. The predicted molar refractivity (Wildman–Crippen MR) is 130 cm³/mol. The van der Waals surface area contributed by atoms with E-state index in [0.29, 0.717) is 39.0 Å². The van der Waals surface area contributed by atoms with Gasteiger partial charge in [0.05, 0.1) is 12.0 Å². The molecule has 1 heterocycles. The van der Waals surface area contributed by atoms with Crippen LogP contribution in [-0.2, 0) is 16.0 Å². The van der Waals surface area contributed by atoms with Crippen LogP contribution in [0.2, 0.25) is 0 Å². The summed E-state index contributed by atoms with van der Waals surface area (Å²) in [6, 6.07) is 10.3. The third kappa shape index (κ3) is 6.55. The van der Waals surface area contributed by atoms with Crippen molar-refractivity contribution in [3.63, 3.8) is 0 Å². The van der Waals surface area contributed by atoms with E-state index in [1.54, 1.807) is 0 Å². The van der Waals surface area contributed by atoms with Crippen molar-refractivity contribution in [2.24, 2.45) is 5.41 Å². The molecule has 1 aromatic rings. The zero-order chi connectivity index (χ0) is 23.0. The van der Waals surface area contributed by atoms with Crippen LogP contribution in [-0.4, -0.2) is 61.9 Å². The van der Waals surface area contributed by atoms with Crippen LogP contribution in [0.15, 0.2) is 53.6 Å². The lowest BCUT2D eigenvalue weighted by Crippen LogP contribution is -2.52. The highest BCUT2D eigenvalue weighted by atomic mass is 16.2. The number of likely N-dealkylation sites (tertiary alicyclic amines) is 1. The van der Waals surface area contributed by atoms with Crippen LogP contribution in [0.5, 0.6) is 0 Å². The molecule has 0 atom stereocenters. The first-order valence-electron chi connectivity index (χ1n) is 12.0. The van der Waals surface area contributed by atoms with Crippen molar-refractivity contribution in [3.05, 3.63) is 59.2 Å². The zero-order valence-corrected chi connectivity index (χ0v) is 20.0. The van der Waals surface area contributed by atoms with Gasteiger partial charge in [-0.2, -0.15) is 0 Å². The van der Waals surface area contributed by atoms with E-state index in [9.17, 15) is 9.59 Å². The lowest BCUT2D eigenvalue weighted by molar-refractivity contribution is -0.141. The zero-order valence-electron chi connectivity index (χ0n) is 20.0. The Kier molecular flexibility index (Phi) is 8.68. The van der Waals surface area contributed by atoms with Gasteiger partial charge in [-0.25, -0.2) is 0 Å². The molecule has 1 aromatic carbocycles. The summed E-state index contributed by atoms with van der Waals surface area (Å²) in [5.74, 6) is 0.287. The van der Waals surface area contributed by atoms with Crippen LogP contribution in [0, 0.1) is 5.41 Å². The minimum Gasteiger partial charge on any atom is -0.355 e. The molecule has 32 heavy (non-hydrogen) atoms. The van der Waals surface area contributed by atoms with E-state index in [-0.39, 0.29) is 11.8 Å². The van der Waals surface area contributed by atoms with Gasteiger partial charge >= 0.3 is 0 Å². The van der Waals surface area contributed by atoms with Gasteiger partial charge < -0.3 is 15.1 Å². The van der Waals surface area contributed by atoms with Gasteiger partial charge in [-0.3, -0.25) is 9.59 Å². The van der Waals surface area contributed by atoms with E-state index >= 15 is 0 Å². The van der Waals surface area contributed by atoms with E-state index in [1.807, 2.05) is 42.1 Å². The van der Waals surface area contributed by atoms with Crippen molar-refractivity contribution in [3.8, 4) is 0 Å². The number of nitrogens with zero attached hydrogens (tertiary/aromatic N) is 2. The van der Waals surface area contributed by atoms with E-state index in [0.717, 1.165) is 32.1 Å². The average Bonchev–Trinajstić information content (AvgIpc) is 2.80. The topological polar surface area (TPSA) is 52.7 Å². The Morgan fingerprint density at radius 1 is 1.03 bits per heavy atom. The number of piperidine rings is 1. The normalized spacial score (nSPS) is 18.2. The van der Waals surface area contributed by atoms with Crippen molar-refractivity contribution >= 4 is 11.8 Å². The van der Waals surface area contributed by atoms with Gasteiger partial charge in [0.1, 0.15) is 0 Å². The number of hydrogen-bond donors (Lipinski definition) is 1. The van der Waals surface area contributed by atoms with Gasteiger partial charge in [0, 0.05) is 19.6 Å². The number of allylic oxidation sites excluding steroid dienone is 3. The molecule has 1 aliphatic carbocycles. The van der Waals surface area contributed by atoms with Gasteiger partial charge in [-0.15, -0.1) is 0 Å². The van der Waals surface area contributed by atoms with Crippen LogP contribution in [0.25, 0.3) is 0 Å². The van der Waals surface area contributed by atoms with Crippen molar-refractivity contribution in [2.45, 2.75) is 51.9 Å². The summed E-state index contributed by atoms with van der Waals surface area (Å²) in [6.07, 6.45) is 10.9. The second-order valence-electron chi connectivity index (χ2n) is 9.57. The summed E-state index contributed by atoms with van der Waals surface area (Å²) in [4.78, 5) is 29.8. The first kappa shape index (κ1) is 24.2. The summed E-state index contributed by atoms with van der Waals surface area (Å²) in [5, 5.41) is 3.25. The Labute approximate surface area is 193 Å². The molecular formula is C27H39N3O2. The third-order valence-electron chi connectivity index (χ3n) is 6.90. The molecule has 1 N–H and O–H groups in total. The third-order valence-corrected chi connectivity index (χ3v) is 6.90.